The predicted octanol–water partition coefficient (Wildman–Crippen LogP) is 2.56. The summed E-state index contributed by atoms with van der Waals surface area (Å²) in [4.78, 5) is 18.7. The van der Waals surface area contributed by atoms with Crippen LogP contribution in [0, 0.1) is 0 Å². The van der Waals surface area contributed by atoms with Gasteiger partial charge in [0.15, 0.2) is 5.13 Å². The Kier molecular flexibility index (Phi) is 5.05. The van der Waals surface area contributed by atoms with Crippen LogP contribution in [0.5, 0.6) is 11.5 Å². The number of benzene rings is 1. The fourth-order valence-corrected chi connectivity index (χ4v) is 3.34. The molecule has 2 N–H and O–H groups in total. The summed E-state index contributed by atoms with van der Waals surface area (Å²) in [5, 5.41) is 8.78. The van der Waals surface area contributed by atoms with Crippen molar-refractivity contribution in [3.8, 4) is 11.5 Å². The molecule has 1 aliphatic heterocycles. The number of carbonyl (C=O) groups excluding carboxylic acids is 1. The van der Waals surface area contributed by atoms with E-state index in [-0.39, 0.29) is 12.1 Å². The monoisotopic (exact) mass is 348 g/mol. The number of urea groups is 1. The van der Waals surface area contributed by atoms with Gasteiger partial charge in [-0.15, -0.1) is 11.3 Å². The summed E-state index contributed by atoms with van der Waals surface area (Å²) in [5.74, 6) is 1.25. The second-order valence-corrected chi connectivity index (χ2v) is 6.32. The number of carbonyl (C=O) groups is 1. The lowest BCUT2D eigenvalue weighted by atomic mass is 10.2. The number of aromatic nitrogens is 1. The number of nitrogens with one attached hydrogen (secondary N) is 2. The maximum absolute atomic E-state index is 12.2. The van der Waals surface area contributed by atoms with E-state index in [1.54, 1.807) is 50.0 Å². The zero-order valence-electron chi connectivity index (χ0n) is 13.6. The van der Waals surface area contributed by atoms with Crippen molar-refractivity contribution in [2.45, 2.75) is 12.5 Å². The van der Waals surface area contributed by atoms with Crippen molar-refractivity contribution in [3.05, 3.63) is 29.8 Å². The number of hydrogen-bond acceptors (Lipinski definition) is 6. The highest BCUT2D eigenvalue weighted by molar-refractivity contribution is 7.13. The third-order valence-corrected chi connectivity index (χ3v) is 4.65. The predicted molar refractivity (Wildman–Crippen MR) is 94.4 cm³/mol. The number of ether oxygens (including phenoxy) is 2. The van der Waals surface area contributed by atoms with Crippen molar-refractivity contribution < 1.29 is 14.3 Å². The van der Waals surface area contributed by atoms with Gasteiger partial charge in [-0.3, -0.25) is 0 Å². The number of thiazole rings is 1. The zero-order chi connectivity index (χ0) is 16.9. The van der Waals surface area contributed by atoms with Gasteiger partial charge in [0.2, 0.25) is 0 Å². The molecule has 8 heteroatoms. The van der Waals surface area contributed by atoms with Crippen molar-refractivity contribution in [1.29, 1.82) is 0 Å². The quantitative estimate of drug-likeness (QED) is 0.868. The molecule has 128 valence electrons. The average Bonchev–Trinajstić information content (AvgIpc) is 3.25. The number of methoxy groups -OCH3 is 2. The first kappa shape index (κ1) is 16.4. The molecule has 0 radical (unpaired) electrons. The molecule has 1 atom stereocenters. The molecule has 2 heterocycles. The largest absolute Gasteiger partial charge is 0.497 e. The first-order valence-electron chi connectivity index (χ1n) is 7.63. The van der Waals surface area contributed by atoms with E-state index in [9.17, 15) is 4.79 Å². The van der Waals surface area contributed by atoms with E-state index in [0.29, 0.717) is 17.2 Å². The molecular formula is C16H20N4O3S. The van der Waals surface area contributed by atoms with E-state index < -0.39 is 0 Å². The molecule has 1 fully saturated rings. The van der Waals surface area contributed by atoms with Crippen LogP contribution in [0.1, 0.15) is 6.42 Å². The number of rotatable bonds is 5. The Morgan fingerprint density at radius 1 is 1.29 bits per heavy atom. The van der Waals surface area contributed by atoms with Crippen LogP contribution < -0.4 is 25.0 Å². The lowest BCUT2D eigenvalue weighted by Gasteiger charge is -2.16. The minimum absolute atomic E-state index is 0.0985. The van der Waals surface area contributed by atoms with Crippen molar-refractivity contribution in [2.75, 3.05) is 37.5 Å². The highest BCUT2D eigenvalue weighted by Crippen LogP contribution is 2.26. The summed E-state index contributed by atoms with van der Waals surface area (Å²) in [7, 11) is 3.15. The van der Waals surface area contributed by atoms with Gasteiger partial charge in [-0.2, -0.15) is 0 Å². The third-order valence-electron chi connectivity index (χ3n) is 3.82. The van der Waals surface area contributed by atoms with Crippen molar-refractivity contribution in [2.24, 2.45) is 0 Å². The Hall–Kier alpha value is -2.48. The van der Waals surface area contributed by atoms with Crippen LogP contribution in [0.15, 0.2) is 29.8 Å². The highest BCUT2D eigenvalue weighted by Gasteiger charge is 2.25. The first-order valence-corrected chi connectivity index (χ1v) is 8.51. The van der Waals surface area contributed by atoms with Gasteiger partial charge in [0.1, 0.15) is 11.5 Å². The summed E-state index contributed by atoms with van der Waals surface area (Å²) < 4.78 is 10.4. The van der Waals surface area contributed by atoms with E-state index in [4.69, 9.17) is 9.47 Å². The molecule has 0 saturated carbocycles. The zero-order valence-corrected chi connectivity index (χ0v) is 14.4. The fourth-order valence-electron chi connectivity index (χ4n) is 2.66. The SMILES string of the molecule is COc1cc(NC(=O)NC2CCN(c3nccs3)C2)cc(OC)c1. The summed E-state index contributed by atoms with van der Waals surface area (Å²) in [6.07, 6.45) is 2.69. The first-order chi connectivity index (χ1) is 11.7. The van der Waals surface area contributed by atoms with Gasteiger partial charge < -0.3 is 25.0 Å². The van der Waals surface area contributed by atoms with Gasteiger partial charge in [-0.1, -0.05) is 0 Å². The van der Waals surface area contributed by atoms with Crippen LogP contribution in [-0.4, -0.2) is 44.4 Å². The minimum Gasteiger partial charge on any atom is -0.497 e. The van der Waals surface area contributed by atoms with Crippen LogP contribution in [0.25, 0.3) is 0 Å². The van der Waals surface area contributed by atoms with Gasteiger partial charge >= 0.3 is 6.03 Å². The highest BCUT2D eigenvalue weighted by atomic mass is 32.1. The van der Waals surface area contributed by atoms with Crippen LogP contribution in [-0.2, 0) is 0 Å². The van der Waals surface area contributed by atoms with Gasteiger partial charge in [0, 0.05) is 54.6 Å². The van der Waals surface area contributed by atoms with Crippen molar-refractivity contribution >= 4 is 28.2 Å². The second kappa shape index (κ2) is 7.39. The smallest absolute Gasteiger partial charge is 0.319 e. The number of anilines is 2. The van der Waals surface area contributed by atoms with Crippen molar-refractivity contribution in [1.82, 2.24) is 10.3 Å². The summed E-state index contributed by atoms with van der Waals surface area (Å²) in [5.41, 5.74) is 0.624. The van der Waals surface area contributed by atoms with Gasteiger partial charge in [-0.25, -0.2) is 9.78 Å². The van der Waals surface area contributed by atoms with Crippen LogP contribution >= 0.6 is 11.3 Å². The van der Waals surface area contributed by atoms with E-state index in [0.717, 1.165) is 24.6 Å². The van der Waals surface area contributed by atoms with Gasteiger partial charge in [-0.05, 0) is 6.42 Å². The summed E-state index contributed by atoms with van der Waals surface area (Å²) >= 11 is 1.61. The molecule has 2 aromatic rings. The summed E-state index contributed by atoms with van der Waals surface area (Å²) in [6.45, 7) is 1.66. The molecule has 1 aliphatic rings. The molecule has 24 heavy (non-hydrogen) atoms. The topological polar surface area (TPSA) is 75.7 Å². The molecule has 1 aromatic carbocycles. The molecule has 1 unspecified atom stereocenters. The minimum atomic E-state index is -0.240. The van der Waals surface area contributed by atoms with Crippen LogP contribution in [0.2, 0.25) is 0 Å². The lowest BCUT2D eigenvalue weighted by molar-refractivity contribution is 0.249. The molecular weight excluding hydrogens is 328 g/mol. The van der Waals surface area contributed by atoms with Crippen molar-refractivity contribution in [3.63, 3.8) is 0 Å². The standard InChI is InChI=1S/C16H20N4O3S/c1-22-13-7-12(8-14(9-13)23-2)19-15(21)18-11-3-5-20(10-11)16-17-4-6-24-16/h4,6-9,11H,3,5,10H2,1-2H3,(H2,18,19,21). The molecule has 7 nitrogen and oxygen atoms in total. The van der Waals surface area contributed by atoms with E-state index in [1.807, 2.05) is 5.38 Å². The Morgan fingerprint density at radius 3 is 2.67 bits per heavy atom. The van der Waals surface area contributed by atoms with Gasteiger partial charge in [0.05, 0.1) is 14.2 Å². The number of hydrogen-bond donors (Lipinski definition) is 2. The number of nitrogens with zero attached hydrogens (tertiary/aromatic N) is 2. The number of amides is 2. The molecule has 1 saturated heterocycles. The molecule has 2 amide bonds. The molecule has 3 rings (SSSR count). The maximum Gasteiger partial charge on any atom is 0.319 e. The maximum atomic E-state index is 12.2. The normalized spacial score (nSPS) is 16.8. The van der Waals surface area contributed by atoms with Gasteiger partial charge in [0.25, 0.3) is 0 Å². The Morgan fingerprint density at radius 2 is 2.04 bits per heavy atom. The molecule has 1 aromatic heterocycles. The van der Waals surface area contributed by atoms with Crippen LogP contribution in [0.3, 0.4) is 0 Å². The molecule has 0 aliphatic carbocycles. The Bertz CT molecular complexity index is 670. The Balaban J connectivity index is 1.56. The van der Waals surface area contributed by atoms with E-state index in [2.05, 4.69) is 20.5 Å². The summed E-state index contributed by atoms with van der Waals surface area (Å²) in [6, 6.07) is 5.11. The third kappa shape index (κ3) is 3.88. The fraction of sp³-hybridized carbons (Fsp3) is 0.375. The lowest BCUT2D eigenvalue weighted by Crippen LogP contribution is -2.39. The average molecular weight is 348 g/mol. The molecule has 0 bridgehead atoms. The molecule has 0 spiro atoms. The second-order valence-electron chi connectivity index (χ2n) is 5.45. The van der Waals surface area contributed by atoms with E-state index >= 15 is 0 Å². The van der Waals surface area contributed by atoms with E-state index in [1.165, 1.54) is 0 Å². The van der Waals surface area contributed by atoms with Crippen LogP contribution in [0.4, 0.5) is 15.6 Å². The Labute approximate surface area is 144 Å².